The third-order valence-electron chi connectivity index (χ3n) is 14.3. The summed E-state index contributed by atoms with van der Waals surface area (Å²) in [4.78, 5) is 106. The number of imide groups is 1. The van der Waals surface area contributed by atoms with Crippen molar-refractivity contribution < 1.29 is 111 Å². The summed E-state index contributed by atoms with van der Waals surface area (Å²) >= 11 is 0. The molecule has 5 aliphatic rings. The zero-order chi connectivity index (χ0) is 47.4. The molecular weight excluding hydrogens is 912 g/mol. The number of carbonyl (C=O) groups is 8. The van der Waals surface area contributed by atoms with Gasteiger partial charge in [-0.25, -0.2) is 4.79 Å². The van der Waals surface area contributed by atoms with Gasteiger partial charge in [0.05, 0.1) is 64.6 Å². The van der Waals surface area contributed by atoms with Crippen LogP contribution in [-0.2, 0) is 32.0 Å². The van der Waals surface area contributed by atoms with Crippen molar-refractivity contribution in [2.24, 2.45) is 23.7 Å². The topological polar surface area (TPSA) is 249 Å². The molecule has 16 nitrogen and oxygen atoms in total. The molecule has 3 aliphatic heterocycles. The number of carbonyl (C=O) groups excluding carboxylic acids is 5. The fraction of sp³-hybridized carbons (Fsp3) is 0.385. The van der Waals surface area contributed by atoms with Gasteiger partial charge in [-0.15, -0.1) is 0 Å². The van der Waals surface area contributed by atoms with Gasteiger partial charge in [0.15, 0.2) is 0 Å². The Bertz CT molecular complexity index is 2590. The summed E-state index contributed by atoms with van der Waals surface area (Å²) < 4.78 is 0. The number of aliphatic carboxylic acids is 2. The van der Waals surface area contributed by atoms with Crippen LogP contribution in [0.5, 0.6) is 0 Å². The van der Waals surface area contributed by atoms with Crippen molar-refractivity contribution in [3.8, 4) is 0 Å². The van der Waals surface area contributed by atoms with Crippen molar-refractivity contribution in [2.75, 3.05) is 26.2 Å². The Kier molecular flexibility index (Phi) is 17.9. The van der Waals surface area contributed by atoms with Crippen molar-refractivity contribution in [3.05, 3.63) is 142 Å². The number of rotatable bonds is 10. The minimum atomic E-state index is -1.19. The second kappa shape index (κ2) is 23.4. The van der Waals surface area contributed by atoms with E-state index in [1.165, 1.54) is 17.0 Å². The Balaban J connectivity index is 0.000000220. The number of nitrogens with zero attached hydrogens (tertiary/aromatic N) is 3. The summed E-state index contributed by atoms with van der Waals surface area (Å²) in [5.41, 5.74) is 4.70. The summed E-state index contributed by atoms with van der Waals surface area (Å²) in [7, 11) is 0. The molecule has 4 aromatic carbocycles. The Morgan fingerprint density at radius 1 is 0.536 bits per heavy atom. The maximum Gasteiger partial charge on any atom is 1.00 e. The van der Waals surface area contributed by atoms with Gasteiger partial charge in [-0.1, -0.05) is 98.5 Å². The zero-order valence-electron chi connectivity index (χ0n) is 38.5. The van der Waals surface area contributed by atoms with Gasteiger partial charge in [0, 0.05) is 19.6 Å². The third kappa shape index (κ3) is 11.1. The number of aromatic carboxylic acids is 1. The van der Waals surface area contributed by atoms with E-state index in [1.807, 2.05) is 48.5 Å². The van der Waals surface area contributed by atoms with E-state index in [0.29, 0.717) is 62.7 Å². The molecular formula is C52H55KN4O12. The molecule has 6 atom stereocenters. The number of fused-ring (bicyclic) bond motifs is 3. The first-order valence-corrected chi connectivity index (χ1v) is 23.1. The zero-order valence-corrected chi connectivity index (χ0v) is 41.6. The van der Waals surface area contributed by atoms with E-state index in [4.69, 9.17) is 0 Å². The Morgan fingerprint density at radius 3 is 1.42 bits per heavy atom. The van der Waals surface area contributed by atoms with Crippen LogP contribution in [0.25, 0.3) is 0 Å². The summed E-state index contributed by atoms with van der Waals surface area (Å²) in [5, 5.41) is 31.6. The van der Waals surface area contributed by atoms with Crippen LogP contribution in [0.1, 0.15) is 127 Å². The van der Waals surface area contributed by atoms with Crippen molar-refractivity contribution in [2.45, 2.75) is 76.3 Å². The third-order valence-corrected chi connectivity index (χ3v) is 14.3. The van der Waals surface area contributed by atoms with Crippen molar-refractivity contribution in [1.82, 2.24) is 20.0 Å². The van der Waals surface area contributed by atoms with Crippen molar-refractivity contribution in [3.63, 3.8) is 0 Å². The van der Waals surface area contributed by atoms with Crippen LogP contribution in [0.15, 0.2) is 97.1 Å². The average Bonchev–Trinajstić information content (AvgIpc) is 3.59. The number of hydrogen-bond acceptors (Lipinski definition) is 9. The van der Waals surface area contributed by atoms with Crippen LogP contribution < -0.4 is 56.7 Å². The van der Waals surface area contributed by atoms with Gasteiger partial charge in [0.1, 0.15) is 0 Å². The molecule has 69 heavy (non-hydrogen) atoms. The van der Waals surface area contributed by atoms with Crippen LogP contribution in [0.2, 0.25) is 0 Å². The molecule has 5 N–H and O–H groups in total. The quantitative estimate of drug-likeness (QED) is 0.132. The number of hydrogen-bond donors (Lipinski definition) is 4. The predicted molar refractivity (Wildman–Crippen MR) is 245 cm³/mol. The molecule has 3 heterocycles. The molecule has 2 fully saturated rings. The average molecular weight is 967 g/mol. The molecule has 0 saturated heterocycles. The number of carboxylic acid groups (broad SMARTS) is 3. The number of amides is 5. The van der Waals surface area contributed by atoms with Crippen molar-refractivity contribution in [1.29, 1.82) is 0 Å². The Labute approximate surface area is 442 Å². The SMILES string of the molecule is O=C(O)[C@H]1CCCC[C@H]1C(=O)N1CCc2ccccc2[C@H]1CN1C(=O)c2ccccc2C1=O.O=C(O)c1ccccc1C(=O)NC[C@@H]1c2ccccc2CCN1C(=O)[C@@H]1CCCC[C@@H]1C(=O)O.[K+].[OH-]. The standard InChI is InChI=1S/C26H28N2O6.C26H26N2O5.K.H2O/c29-23(18-9-3-5-11-20(18)25(31)32)27-15-22-17-8-2-1-7-16(17)13-14-28(22)24(30)19-10-4-6-12-21(19)26(33)34;29-23(20-11-5-6-12-21(20)26(32)33)27-14-13-16-7-1-2-8-17(16)22(27)15-28-24(30)18-9-3-4-10-19(18)25(28)31;;/h1-3,5,7-9,11,19,21-22H,4,6,10,12-15H2,(H,27,29)(H,31,32)(H,33,34);1-4,7-10,20-22H,5-6,11-15H2,(H,32,33);;1H2/q;;+1;/p-1/t19-,21+,22-;20-,21+,22-;;/m11../s1. The minimum absolute atomic E-state index is 0. The first kappa shape index (κ1) is 52.8. The first-order valence-electron chi connectivity index (χ1n) is 23.1. The van der Waals surface area contributed by atoms with Gasteiger partial charge in [0.25, 0.3) is 17.7 Å². The number of benzene rings is 4. The minimum Gasteiger partial charge on any atom is -0.870 e. The van der Waals surface area contributed by atoms with Gasteiger partial charge in [0.2, 0.25) is 11.8 Å². The van der Waals surface area contributed by atoms with Crippen LogP contribution >= 0.6 is 0 Å². The smallest absolute Gasteiger partial charge is 0.870 e. The van der Waals surface area contributed by atoms with E-state index in [9.17, 15) is 53.7 Å². The molecule has 17 heteroatoms. The van der Waals surface area contributed by atoms with E-state index < -0.39 is 59.6 Å². The van der Waals surface area contributed by atoms with Gasteiger partial charge in [-0.05, 0) is 85.0 Å². The second-order valence-corrected chi connectivity index (χ2v) is 18.0. The Hall–Kier alpha value is -5.56. The summed E-state index contributed by atoms with van der Waals surface area (Å²) in [6.45, 7) is 1.02. The summed E-state index contributed by atoms with van der Waals surface area (Å²) in [6, 6.07) is 27.3. The van der Waals surface area contributed by atoms with E-state index in [0.717, 1.165) is 47.9 Å². The van der Waals surface area contributed by atoms with Crippen LogP contribution in [0, 0.1) is 23.7 Å². The molecule has 4 aromatic rings. The van der Waals surface area contributed by atoms with E-state index in [1.54, 1.807) is 46.2 Å². The fourth-order valence-electron chi connectivity index (χ4n) is 10.8. The number of carboxylic acids is 3. The summed E-state index contributed by atoms with van der Waals surface area (Å²) in [6.07, 6.45) is 6.64. The molecule has 0 spiro atoms. The maximum atomic E-state index is 13.7. The molecule has 0 unspecified atom stereocenters. The Morgan fingerprint density at radius 2 is 0.942 bits per heavy atom. The molecule has 0 bridgehead atoms. The molecule has 5 amide bonds. The van der Waals surface area contributed by atoms with E-state index >= 15 is 0 Å². The van der Waals surface area contributed by atoms with Gasteiger partial charge >= 0.3 is 69.3 Å². The number of nitrogens with one attached hydrogen (secondary N) is 1. The van der Waals surface area contributed by atoms with Crippen LogP contribution in [0.3, 0.4) is 0 Å². The largest absolute Gasteiger partial charge is 1.00 e. The monoisotopic (exact) mass is 966 g/mol. The maximum absolute atomic E-state index is 13.7. The fourth-order valence-corrected chi connectivity index (χ4v) is 10.8. The molecule has 2 saturated carbocycles. The van der Waals surface area contributed by atoms with Crippen LogP contribution in [-0.4, -0.2) is 109 Å². The molecule has 0 radical (unpaired) electrons. The van der Waals surface area contributed by atoms with Gasteiger partial charge in [-0.2, -0.15) is 0 Å². The van der Waals surface area contributed by atoms with Crippen molar-refractivity contribution >= 4 is 47.4 Å². The van der Waals surface area contributed by atoms with E-state index in [2.05, 4.69) is 5.32 Å². The molecule has 0 aromatic heterocycles. The van der Waals surface area contributed by atoms with Gasteiger partial charge in [-0.3, -0.25) is 38.5 Å². The second-order valence-electron chi connectivity index (χ2n) is 18.0. The summed E-state index contributed by atoms with van der Waals surface area (Å²) in [5.74, 6) is -7.22. The van der Waals surface area contributed by atoms with Crippen LogP contribution in [0.4, 0.5) is 0 Å². The molecule has 9 rings (SSSR count). The normalized spacial score (nSPS) is 22.5. The van der Waals surface area contributed by atoms with Gasteiger partial charge < -0.3 is 35.9 Å². The first-order chi connectivity index (χ1) is 32.3. The molecule has 356 valence electrons. The molecule has 2 aliphatic carbocycles. The predicted octanol–water partition coefficient (Wildman–Crippen LogP) is 3.26. The van der Waals surface area contributed by atoms with E-state index in [-0.39, 0.29) is 105 Å².